The van der Waals surface area contributed by atoms with Crippen molar-refractivity contribution in [3.63, 3.8) is 0 Å². The number of hydrogen-bond donors (Lipinski definition) is 0. The van der Waals surface area contributed by atoms with E-state index in [-0.39, 0.29) is 29.1 Å². The molecule has 1 rings (SSSR count). The van der Waals surface area contributed by atoms with Crippen molar-refractivity contribution in [1.29, 1.82) is 0 Å². The third-order valence-electron chi connectivity index (χ3n) is 7.70. The van der Waals surface area contributed by atoms with E-state index in [0.29, 0.717) is 19.3 Å². The molecule has 0 aromatic heterocycles. The molecule has 0 saturated carbocycles. The summed E-state index contributed by atoms with van der Waals surface area (Å²) in [6.45, 7) is 12.0. The van der Waals surface area contributed by atoms with E-state index >= 15 is 0 Å². The average Bonchev–Trinajstić information content (AvgIpc) is 2.78. The lowest BCUT2D eigenvalue weighted by Crippen LogP contribution is -2.63. The minimum atomic E-state index is -0.381. The lowest BCUT2D eigenvalue weighted by atomic mass is 9.78. The van der Waals surface area contributed by atoms with Gasteiger partial charge in [0.05, 0.1) is 11.1 Å². The first-order chi connectivity index (χ1) is 16.6. The Morgan fingerprint density at radius 1 is 0.743 bits per heavy atom. The normalized spacial score (nSPS) is 22.2. The molecule has 1 saturated heterocycles. The van der Waals surface area contributed by atoms with Crippen LogP contribution in [0, 0.1) is 0 Å². The van der Waals surface area contributed by atoms with E-state index in [9.17, 15) is 9.59 Å². The van der Waals surface area contributed by atoms with Crippen LogP contribution in [0.4, 0.5) is 0 Å². The van der Waals surface area contributed by atoms with E-state index in [2.05, 4.69) is 34.6 Å². The molecule has 0 spiro atoms. The molecule has 2 unspecified atom stereocenters. The zero-order chi connectivity index (χ0) is 26.2. The zero-order valence-corrected chi connectivity index (χ0v) is 24.1. The highest BCUT2D eigenvalue weighted by atomic mass is 16.7. The summed E-state index contributed by atoms with van der Waals surface area (Å²) in [5.41, 5.74) is -0.721. The second-order valence-electron chi connectivity index (χ2n) is 11.8. The Labute approximate surface area is 217 Å². The summed E-state index contributed by atoms with van der Waals surface area (Å²) in [7, 11) is 0. The fourth-order valence-electron chi connectivity index (χ4n) is 5.64. The van der Waals surface area contributed by atoms with Gasteiger partial charge >= 0.3 is 11.9 Å². The molecule has 1 fully saturated rings. The third-order valence-corrected chi connectivity index (χ3v) is 7.70. The van der Waals surface area contributed by atoms with Gasteiger partial charge in [-0.3, -0.25) is 9.59 Å². The van der Waals surface area contributed by atoms with E-state index in [1.165, 1.54) is 90.4 Å². The summed E-state index contributed by atoms with van der Waals surface area (Å²) in [6, 6.07) is 0. The lowest BCUT2D eigenvalue weighted by molar-refractivity contribution is -0.280. The van der Waals surface area contributed by atoms with E-state index in [1.54, 1.807) is 0 Å². The Kier molecular flexibility index (Phi) is 15.8. The number of esters is 1. The van der Waals surface area contributed by atoms with Gasteiger partial charge in [0.15, 0.2) is 0 Å². The maximum Gasteiger partial charge on any atom is 0.322 e. The molecule has 1 aliphatic heterocycles. The van der Waals surface area contributed by atoms with Crippen molar-refractivity contribution >= 4 is 11.9 Å². The topological polar surface area (TPSA) is 55.8 Å². The third kappa shape index (κ3) is 13.1. The minimum Gasteiger partial charge on any atom is -0.462 e. The van der Waals surface area contributed by atoms with Gasteiger partial charge in [0, 0.05) is 26.2 Å². The van der Waals surface area contributed by atoms with Crippen molar-refractivity contribution in [2.24, 2.45) is 0 Å². The smallest absolute Gasteiger partial charge is 0.322 e. The van der Waals surface area contributed by atoms with Gasteiger partial charge in [-0.05, 0) is 33.6 Å². The second kappa shape index (κ2) is 17.4. The number of ether oxygens (including phenoxy) is 1. The van der Waals surface area contributed by atoms with Crippen LogP contribution in [-0.4, -0.2) is 34.2 Å². The lowest BCUT2D eigenvalue weighted by Gasteiger charge is -2.53. The van der Waals surface area contributed by atoms with Crippen LogP contribution < -0.4 is 0 Å². The highest BCUT2D eigenvalue weighted by Crippen LogP contribution is 2.42. The molecule has 1 heterocycles. The Balaban J connectivity index is 2.12. The fraction of sp³-hybridized carbons (Fsp3) is 0.933. The van der Waals surface area contributed by atoms with E-state index in [4.69, 9.17) is 9.57 Å². The van der Waals surface area contributed by atoms with Gasteiger partial charge in [-0.2, -0.15) is 0 Å². The first-order valence-electron chi connectivity index (χ1n) is 14.8. The molecule has 206 valence electrons. The van der Waals surface area contributed by atoms with Crippen LogP contribution in [0.3, 0.4) is 0 Å². The van der Waals surface area contributed by atoms with E-state index in [1.807, 2.05) is 5.06 Å². The molecule has 0 aliphatic carbocycles. The summed E-state index contributed by atoms with van der Waals surface area (Å²) >= 11 is 0. The number of carbonyl (C=O) groups is 2. The van der Waals surface area contributed by atoms with Crippen molar-refractivity contribution in [2.75, 3.05) is 0 Å². The molecule has 0 bridgehead atoms. The number of carbonyl (C=O) groups excluding carboxylic acids is 2. The molecule has 2 atom stereocenters. The molecule has 5 nitrogen and oxygen atoms in total. The van der Waals surface area contributed by atoms with Gasteiger partial charge in [-0.25, -0.2) is 0 Å². The van der Waals surface area contributed by atoms with Gasteiger partial charge in [0.2, 0.25) is 0 Å². The Morgan fingerprint density at radius 3 is 1.63 bits per heavy atom. The predicted molar refractivity (Wildman–Crippen MR) is 145 cm³/mol. The molecular weight excluding hydrogens is 438 g/mol. The van der Waals surface area contributed by atoms with Crippen molar-refractivity contribution in [3.05, 3.63) is 0 Å². The highest BCUT2D eigenvalue weighted by molar-refractivity contribution is 5.69. The highest BCUT2D eigenvalue weighted by Gasteiger charge is 2.50. The molecule has 35 heavy (non-hydrogen) atoms. The summed E-state index contributed by atoms with van der Waals surface area (Å²) in [4.78, 5) is 29.7. The maximum absolute atomic E-state index is 12.5. The van der Waals surface area contributed by atoms with Gasteiger partial charge in [-0.1, -0.05) is 104 Å². The molecule has 1 aliphatic rings. The summed E-state index contributed by atoms with van der Waals surface area (Å²) in [5, 5.41) is 1.83. The SMILES string of the molecule is CCCCCCCCCCCCCCCCCC(=O)OC1CC(C)(C)N(OC(C)=O)C(C)(CC)C1. The number of rotatable bonds is 19. The number of hydroxylamine groups is 2. The van der Waals surface area contributed by atoms with Crippen LogP contribution in [0.25, 0.3) is 0 Å². The van der Waals surface area contributed by atoms with Gasteiger partial charge in [0.25, 0.3) is 0 Å². The Bertz CT molecular complexity index is 591. The monoisotopic (exact) mass is 495 g/mol. The molecule has 0 amide bonds. The van der Waals surface area contributed by atoms with Gasteiger partial charge in [-0.15, -0.1) is 5.06 Å². The molecule has 0 aromatic rings. The standard InChI is InChI=1S/C30H57NO4/c1-7-9-10-11-12-13-14-15-16-17-18-19-20-21-22-23-28(33)34-27-24-29(4,5)31(35-26(3)32)30(6,8-2)25-27/h27H,7-25H2,1-6H3. The predicted octanol–water partition coefficient (Wildman–Crippen LogP) is 8.68. The van der Waals surface area contributed by atoms with Crippen molar-refractivity contribution in [1.82, 2.24) is 5.06 Å². The van der Waals surface area contributed by atoms with Crippen LogP contribution in [-0.2, 0) is 19.2 Å². The largest absolute Gasteiger partial charge is 0.462 e. The first-order valence-corrected chi connectivity index (χ1v) is 14.8. The first kappa shape index (κ1) is 31.9. The number of nitrogens with zero attached hydrogens (tertiary/aromatic N) is 1. The van der Waals surface area contributed by atoms with Crippen LogP contribution in [0.5, 0.6) is 0 Å². The summed E-state index contributed by atoms with van der Waals surface area (Å²) in [6.07, 6.45) is 22.3. The summed E-state index contributed by atoms with van der Waals surface area (Å²) < 4.78 is 5.89. The molecule has 0 aromatic carbocycles. The van der Waals surface area contributed by atoms with Crippen molar-refractivity contribution < 1.29 is 19.2 Å². The zero-order valence-electron chi connectivity index (χ0n) is 24.1. The molecule has 0 N–H and O–H groups in total. The average molecular weight is 496 g/mol. The van der Waals surface area contributed by atoms with Gasteiger partial charge in [0.1, 0.15) is 6.10 Å². The Morgan fingerprint density at radius 2 is 1.20 bits per heavy atom. The molecular formula is C30H57NO4. The quantitative estimate of drug-likeness (QED) is 0.132. The minimum absolute atomic E-state index is 0.0834. The fourth-order valence-corrected chi connectivity index (χ4v) is 5.64. The van der Waals surface area contributed by atoms with Crippen LogP contribution in [0.2, 0.25) is 0 Å². The Hall–Kier alpha value is -1.10. The number of unbranched alkanes of at least 4 members (excludes halogenated alkanes) is 14. The van der Waals surface area contributed by atoms with Crippen molar-refractivity contribution in [3.8, 4) is 0 Å². The van der Waals surface area contributed by atoms with E-state index < -0.39 is 0 Å². The van der Waals surface area contributed by atoms with Crippen LogP contribution >= 0.6 is 0 Å². The second-order valence-corrected chi connectivity index (χ2v) is 11.8. The van der Waals surface area contributed by atoms with Crippen LogP contribution in [0.1, 0.15) is 164 Å². The summed E-state index contributed by atoms with van der Waals surface area (Å²) in [5.74, 6) is -0.388. The molecule has 0 radical (unpaired) electrons. The van der Waals surface area contributed by atoms with Crippen molar-refractivity contribution in [2.45, 2.75) is 181 Å². The van der Waals surface area contributed by atoms with Crippen LogP contribution in [0.15, 0.2) is 0 Å². The maximum atomic E-state index is 12.5. The van der Waals surface area contributed by atoms with Gasteiger partial charge < -0.3 is 9.57 Å². The van der Waals surface area contributed by atoms with E-state index in [0.717, 1.165) is 19.3 Å². The number of piperidine rings is 1. The number of hydrogen-bond acceptors (Lipinski definition) is 5. The molecule has 5 heteroatoms.